The normalized spacial score (nSPS) is 15.8. The largest absolute Gasteiger partial charge is 0.326 e. The first-order valence-electron chi connectivity index (χ1n) is 9.57. The lowest BCUT2D eigenvalue weighted by molar-refractivity contribution is -0.929. The molecule has 0 saturated carbocycles. The first-order valence-corrected chi connectivity index (χ1v) is 10.4. The van der Waals surface area contributed by atoms with Crippen molar-refractivity contribution in [2.75, 3.05) is 11.9 Å². The number of hydrogen-bond acceptors (Lipinski definition) is 3. The first-order chi connectivity index (χ1) is 13.7. The molecule has 0 bridgehead atoms. The molecule has 6 heteroatoms. The van der Waals surface area contributed by atoms with Crippen LogP contribution in [0.5, 0.6) is 0 Å². The molecule has 1 aromatic heterocycles. The minimum atomic E-state index is -0.263. The smallest absolute Gasteiger partial charge is 0.226 e. The number of nitrogens with zero attached hydrogens (tertiary/aromatic N) is 1. The first kappa shape index (κ1) is 18.8. The molecule has 1 unspecified atom stereocenters. The molecule has 2 aromatic carbocycles. The van der Waals surface area contributed by atoms with E-state index in [-0.39, 0.29) is 18.1 Å². The maximum atomic E-state index is 13.7. The number of quaternary nitrogens is 1. The van der Waals surface area contributed by atoms with Crippen molar-refractivity contribution in [1.29, 1.82) is 0 Å². The van der Waals surface area contributed by atoms with E-state index >= 15 is 0 Å². The zero-order valence-electron chi connectivity index (χ0n) is 15.6. The number of amides is 1. The second kappa shape index (κ2) is 8.63. The Morgan fingerprint density at radius 1 is 1.14 bits per heavy atom. The van der Waals surface area contributed by atoms with Gasteiger partial charge in [0.15, 0.2) is 5.13 Å². The Bertz CT molecular complexity index is 957. The number of aromatic nitrogens is 1. The monoisotopic (exact) mass is 396 g/mol. The standard InChI is InChI=1S/C22H22FN3OS/c23-18-9-5-4-8-17(18)10-11-21(27)25-22-24-19-12-13-26(15-20(19)28-22)14-16-6-2-1-3-7-16/h1-9H,10-15H2,(H,24,25,27)/p+1. The van der Waals surface area contributed by atoms with Gasteiger partial charge in [-0.05, 0) is 18.1 Å². The van der Waals surface area contributed by atoms with Crippen LogP contribution in [-0.2, 0) is 30.7 Å². The van der Waals surface area contributed by atoms with Crippen molar-refractivity contribution in [3.63, 3.8) is 0 Å². The van der Waals surface area contributed by atoms with Crippen LogP contribution in [0.1, 0.15) is 28.1 Å². The number of fused-ring (bicyclic) bond motifs is 1. The van der Waals surface area contributed by atoms with Crippen LogP contribution in [0.25, 0.3) is 0 Å². The Morgan fingerprint density at radius 2 is 1.93 bits per heavy atom. The van der Waals surface area contributed by atoms with Gasteiger partial charge < -0.3 is 10.2 Å². The Labute approximate surface area is 168 Å². The number of carbonyl (C=O) groups excluding carboxylic acids is 1. The summed E-state index contributed by atoms with van der Waals surface area (Å²) >= 11 is 1.56. The fourth-order valence-electron chi connectivity index (χ4n) is 3.55. The van der Waals surface area contributed by atoms with Crippen molar-refractivity contribution in [3.8, 4) is 0 Å². The van der Waals surface area contributed by atoms with Crippen LogP contribution in [0, 0.1) is 5.82 Å². The minimum Gasteiger partial charge on any atom is -0.326 e. The van der Waals surface area contributed by atoms with Crippen molar-refractivity contribution < 1.29 is 14.1 Å². The number of aryl methyl sites for hydroxylation is 1. The average Bonchev–Trinajstić information content (AvgIpc) is 3.09. The molecule has 2 N–H and O–H groups in total. The van der Waals surface area contributed by atoms with E-state index in [1.54, 1.807) is 29.5 Å². The molecular formula is C22H23FN3OS+. The van der Waals surface area contributed by atoms with Crippen LogP contribution in [0.2, 0.25) is 0 Å². The molecule has 0 aliphatic carbocycles. The number of hydrogen-bond donors (Lipinski definition) is 2. The molecule has 1 amide bonds. The Balaban J connectivity index is 1.32. The van der Waals surface area contributed by atoms with Crippen LogP contribution >= 0.6 is 11.3 Å². The van der Waals surface area contributed by atoms with E-state index in [2.05, 4.69) is 34.6 Å². The van der Waals surface area contributed by atoms with Crippen LogP contribution < -0.4 is 10.2 Å². The van der Waals surface area contributed by atoms with Gasteiger partial charge in [0.2, 0.25) is 5.91 Å². The Hall–Kier alpha value is -2.57. The highest BCUT2D eigenvalue weighted by atomic mass is 32.1. The molecule has 0 spiro atoms. The number of thiazole rings is 1. The van der Waals surface area contributed by atoms with Gasteiger partial charge in [-0.3, -0.25) is 4.79 Å². The van der Waals surface area contributed by atoms with Crippen LogP contribution in [0.15, 0.2) is 54.6 Å². The van der Waals surface area contributed by atoms with Gasteiger partial charge in [0.25, 0.3) is 0 Å². The summed E-state index contributed by atoms with van der Waals surface area (Å²) in [4.78, 5) is 19.6. The highest BCUT2D eigenvalue weighted by Crippen LogP contribution is 2.24. The van der Waals surface area contributed by atoms with Crippen LogP contribution in [0.4, 0.5) is 9.52 Å². The summed E-state index contributed by atoms with van der Waals surface area (Å²) in [5.74, 6) is -0.385. The van der Waals surface area contributed by atoms with Gasteiger partial charge in [0, 0.05) is 18.4 Å². The van der Waals surface area contributed by atoms with Crippen molar-refractivity contribution in [1.82, 2.24) is 4.98 Å². The van der Waals surface area contributed by atoms with Crippen molar-refractivity contribution in [3.05, 3.63) is 82.1 Å². The summed E-state index contributed by atoms with van der Waals surface area (Å²) in [7, 11) is 0. The van der Waals surface area contributed by atoms with Gasteiger partial charge in [-0.15, -0.1) is 0 Å². The van der Waals surface area contributed by atoms with Crippen molar-refractivity contribution >= 4 is 22.4 Å². The molecule has 144 valence electrons. The van der Waals surface area contributed by atoms with Gasteiger partial charge >= 0.3 is 0 Å². The highest BCUT2D eigenvalue weighted by Gasteiger charge is 2.24. The maximum absolute atomic E-state index is 13.7. The quantitative estimate of drug-likeness (QED) is 0.673. The Kier molecular flexibility index (Phi) is 5.78. The number of anilines is 1. The summed E-state index contributed by atoms with van der Waals surface area (Å²) in [5.41, 5.74) is 3.01. The third kappa shape index (κ3) is 4.64. The Morgan fingerprint density at radius 3 is 2.75 bits per heavy atom. The van der Waals surface area contributed by atoms with Gasteiger partial charge in [-0.25, -0.2) is 9.37 Å². The second-order valence-corrected chi connectivity index (χ2v) is 8.20. The van der Waals surface area contributed by atoms with E-state index in [1.165, 1.54) is 21.4 Å². The molecule has 4 nitrogen and oxygen atoms in total. The summed E-state index contributed by atoms with van der Waals surface area (Å²) < 4.78 is 13.7. The molecule has 3 aromatic rings. The fraction of sp³-hybridized carbons (Fsp3) is 0.273. The lowest BCUT2D eigenvalue weighted by Gasteiger charge is -2.22. The molecule has 1 atom stereocenters. The summed E-state index contributed by atoms with van der Waals surface area (Å²) in [6.45, 7) is 2.99. The molecule has 28 heavy (non-hydrogen) atoms. The van der Waals surface area contributed by atoms with E-state index in [9.17, 15) is 9.18 Å². The van der Waals surface area contributed by atoms with Gasteiger partial charge in [0.1, 0.15) is 18.9 Å². The van der Waals surface area contributed by atoms with E-state index in [1.807, 2.05) is 6.07 Å². The topological polar surface area (TPSA) is 46.4 Å². The van der Waals surface area contributed by atoms with Gasteiger partial charge in [0.05, 0.1) is 17.1 Å². The van der Waals surface area contributed by atoms with Crippen LogP contribution in [0.3, 0.4) is 0 Å². The molecule has 0 saturated heterocycles. The van der Waals surface area contributed by atoms with Crippen molar-refractivity contribution in [2.24, 2.45) is 0 Å². The van der Waals surface area contributed by atoms with Crippen LogP contribution in [-0.4, -0.2) is 17.4 Å². The van der Waals surface area contributed by atoms with E-state index < -0.39 is 0 Å². The van der Waals surface area contributed by atoms with E-state index in [0.29, 0.717) is 17.1 Å². The highest BCUT2D eigenvalue weighted by molar-refractivity contribution is 7.15. The zero-order chi connectivity index (χ0) is 19.3. The van der Waals surface area contributed by atoms with Gasteiger partial charge in [-0.1, -0.05) is 59.9 Å². The number of benzene rings is 2. The maximum Gasteiger partial charge on any atom is 0.226 e. The predicted octanol–water partition coefficient (Wildman–Crippen LogP) is 2.99. The average molecular weight is 397 g/mol. The second-order valence-electron chi connectivity index (χ2n) is 7.12. The summed E-state index contributed by atoms with van der Waals surface area (Å²) in [6.07, 6.45) is 1.56. The molecule has 2 heterocycles. The summed E-state index contributed by atoms with van der Waals surface area (Å²) in [5, 5.41) is 3.55. The third-order valence-electron chi connectivity index (χ3n) is 5.03. The predicted molar refractivity (Wildman–Crippen MR) is 109 cm³/mol. The number of halogens is 1. The number of rotatable bonds is 6. The SMILES string of the molecule is O=C(CCc1ccccc1F)Nc1nc2c(s1)C[NH+](Cc1ccccc1)CC2. The molecule has 0 fully saturated rings. The molecule has 1 aliphatic heterocycles. The van der Waals surface area contributed by atoms with Gasteiger partial charge in [-0.2, -0.15) is 0 Å². The summed E-state index contributed by atoms with van der Waals surface area (Å²) in [6, 6.07) is 17.1. The molecular weight excluding hydrogens is 373 g/mol. The zero-order valence-corrected chi connectivity index (χ0v) is 16.4. The number of carbonyl (C=O) groups is 1. The van der Waals surface area contributed by atoms with Crippen molar-refractivity contribution in [2.45, 2.75) is 32.4 Å². The lowest BCUT2D eigenvalue weighted by Crippen LogP contribution is -3.10. The molecule has 4 rings (SSSR count). The number of nitrogens with one attached hydrogen (secondary N) is 2. The lowest BCUT2D eigenvalue weighted by atomic mass is 10.1. The van der Waals surface area contributed by atoms with E-state index in [0.717, 1.165) is 31.7 Å². The fourth-order valence-corrected chi connectivity index (χ4v) is 4.64. The molecule has 1 aliphatic rings. The molecule has 0 radical (unpaired) electrons. The third-order valence-corrected chi connectivity index (χ3v) is 6.04. The van der Waals surface area contributed by atoms with E-state index in [4.69, 9.17) is 0 Å². The minimum absolute atomic E-state index is 0.122.